The fourth-order valence-corrected chi connectivity index (χ4v) is 3.11. The molecular formula is C20H27NOS. The molecule has 3 heteroatoms. The summed E-state index contributed by atoms with van der Waals surface area (Å²) in [6.07, 6.45) is 3.00. The minimum absolute atomic E-state index is 0.208. The summed E-state index contributed by atoms with van der Waals surface area (Å²) in [5.74, 6) is 0.240. The summed E-state index contributed by atoms with van der Waals surface area (Å²) in [5, 5.41) is 13.2. The monoisotopic (exact) mass is 329 g/mol. The molecule has 2 aromatic rings. The molecule has 0 saturated heterocycles. The maximum Gasteiger partial charge on any atom is 0.0474 e. The zero-order chi connectivity index (χ0) is 16.7. The average molecular weight is 330 g/mol. The SMILES string of the molecule is CSc1ccc(C(C)NCC(CO)Cc2ccccc2C)cc1. The van der Waals surface area contributed by atoms with Crippen LogP contribution in [-0.4, -0.2) is 24.5 Å². The molecule has 0 saturated carbocycles. The molecule has 0 radical (unpaired) electrons. The lowest BCUT2D eigenvalue weighted by Crippen LogP contribution is -2.29. The van der Waals surface area contributed by atoms with E-state index >= 15 is 0 Å². The van der Waals surface area contributed by atoms with Gasteiger partial charge in [-0.15, -0.1) is 11.8 Å². The van der Waals surface area contributed by atoms with Gasteiger partial charge in [-0.05, 0) is 61.3 Å². The molecule has 0 spiro atoms. The molecule has 23 heavy (non-hydrogen) atoms. The van der Waals surface area contributed by atoms with Gasteiger partial charge in [-0.2, -0.15) is 0 Å². The fraction of sp³-hybridized carbons (Fsp3) is 0.400. The minimum Gasteiger partial charge on any atom is -0.396 e. The molecule has 0 aromatic heterocycles. The first kappa shape index (κ1) is 18.1. The third-order valence-corrected chi connectivity index (χ3v) is 5.10. The Bertz CT molecular complexity index is 597. The van der Waals surface area contributed by atoms with E-state index in [1.165, 1.54) is 21.6 Å². The van der Waals surface area contributed by atoms with Gasteiger partial charge in [0.2, 0.25) is 0 Å². The lowest BCUT2D eigenvalue weighted by atomic mass is 9.96. The van der Waals surface area contributed by atoms with Gasteiger partial charge in [0.15, 0.2) is 0 Å². The fourth-order valence-electron chi connectivity index (χ4n) is 2.71. The summed E-state index contributed by atoms with van der Waals surface area (Å²) >= 11 is 1.76. The van der Waals surface area contributed by atoms with E-state index in [2.05, 4.69) is 74.0 Å². The van der Waals surface area contributed by atoms with Crippen molar-refractivity contribution in [3.05, 3.63) is 65.2 Å². The molecule has 0 fully saturated rings. The topological polar surface area (TPSA) is 32.3 Å². The molecule has 0 aliphatic rings. The second-order valence-corrected chi connectivity index (χ2v) is 6.96. The van der Waals surface area contributed by atoms with E-state index < -0.39 is 0 Å². The average Bonchev–Trinajstić information content (AvgIpc) is 2.60. The normalized spacial score (nSPS) is 13.7. The highest BCUT2D eigenvalue weighted by molar-refractivity contribution is 7.98. The summed E-state index contributed by atoms with van der Waals surface area (Å²) in [6, 6.07) is 17.4. The Hall–Kier alpha value is -1.29. The molecule has 124 valence electrons. The molecule has 0 aliphatic carbocycles. The second-order valence-electron chi connectivity index (χ2n) is 6.08. The lowest BCUT2D eigenvalue weighted by molar-refractivity contribution is 0.218. The Morgan fingerprint density at radius 1 is 1.09 bits per heavy atom. The molecule has 2 nitrogen and oxygen atoms in total. The van der Waals surface area contributed by atoms with Gasteiger partial charge in [0, 0.05) is 24.1 Å². The molecule has 0 heterocycles. The summed E-state index contributed by atoms with van der Waals surface area (Å²) in [6.45, 7) is 5.33. The van der Waals surface area contributed by atoms with Crippen molar-refractivity contribution in [2.45, 2.75) is 31.2 Å². The van der Waals surface area contributed by atoms with E-state index in [-0.39, 0.29) is 18.6 Å². The maximum absolute atomic E-state index is 9.69. The number of nitrogens with one attached hydrogen (secondary N) is 1. The van der Waals surface area contributed by atoms with Crippen molar-refractivity contribution in [3.8, 4) is 0 Å². The standard InChI is InChI=1S/C20H27NOS/c1-15-6-4-5-7-19(15)12-17(14-22)13-21-16(2)18-8-10-20(23-3)11-9-18/h4-11,16-17,21-22H,12-14H2,1-3H3. The van der Waals surface area contributed by atoms with E-state index in [1.54, 1.807) is 11.8 Å². The van der Waals surface area contributed by atoms with Crippen molar-refractivity contribution in [2.75, 3.05) is 19.4 Å². The molecular weight excluding hydrogens is 302 g/mol. The Kier molecular flexibility index (Phi) is 7.15. The van der Waals surface area contributed by atoms with Crippen LogP contribution in [0.15, 0.2) is 53.4 Å². The molecule has 2 aromatic carbocycles. The van der Waals surface area contributed by atoms with Gasteiger partial charge in [-0.25, -0.2) is 0 Å². The molecule has 0 amide bonds. The third kappa shape index (κ3) is 5.38. The zero-order valence-electron chi connectivity index (χ0n) is 14.3. The predicted molar refractivity (Wildman–Crippen MR) is 100 cm³/mol. The molecule has 0 bridgehead atoms. The highest BCUT2D eigenvalue weighted by atomic mass is 32.2. The Labute approximate surface area is 144 Å². The van der Waals surface area contributed by atoms with Crippen molar-refractivity contribution < 1.29 is 5.11 Å². The van der Waals surface area contributed by atoms with Crippen molar-refractivity contribution in [2.24, 2.45) is 5.92 Å². The van der Waals surface area contributed by atoms with E-state index in [0.717, 1.165) is 13.0 Å². The highest BCUT2D eigenvalue weighted by Gasteiger charge is 2.12. The molecule has 0 aliphatic heterocycles. The first-order valence-electron chi connectivity index (χ1n) is 8.16. The largest absolute Gasteiger partial charge is 0.396 e. The quantitative estimate of drug-likeness (QED) is 0.711. The molecule has 2 rings (SSSR count). The smallest absolute Gasteiger partial charge is 0.0474 e. The van der Waals surface area contributed by atoms with Crippen LogP contribution in [0.5, 0.6) is 0 Å². The Balaban J connectivity index is 1.90. The number of thioether (sulfide) groups is 1. The Morgan fingerprint density at radius 2 is 1.78 bits per heavy atom. The first-order valence-corrected chi connectivity index (χ1v) is 9.39. The second kappa shape index (κ2) is 9.11. The van der Waals surface area contributed by atoms with Gasteiger partial charge in [0.1, 0.15) is 0 Å². The summed E-state index contributed by atoms with van der Waals surface area (Å²) in [7, 11) is 0. The predicted octanol–water partition coefficient (Wildman–Crippen LogP) is 4.22. The van der Waals surface area contributed by atoms with Crippen LogP contribution in [0.25, 0.3) is 0 Å². The van der Waals surface area contributed by atoms with Gasteiger partial charge in [-0.3, -0.25) is 0 Å². The number of hydrogen-bond donors (Lipinski definition) is 2. The summed E-state index contributed by atoms with van der Waals surface area (Å²) in [4.78, 5) is 1.29. The van der Waals surface area contributed by atoms with Crippen molar-refractivity contribution >= 4 is 11.8 Å². The van der Waals surface area contributed by atoms with E-state index in [1.807, 2.05) is 0 Å². The highest BCUT2D eigenvalue weighted by Crippen LogP contribution is 2.19. The number of aliphatic hydroxyl groups excluding tert-OH is 1. The van der Waals surface area contributed by atoms with Gasteiger partial charge < -0.3 is 10.4 Å². The van der Waals surface area contributed by atoms with Crippen LogP contribution >= 0.6 is 11.8 Å². The number of hydrogen-bond acceptors (Lipinski definition) is 3. The van der Waals surface area contributed by atoms with Crippen LogP contribution in [-0.2, 0) is 6.42 Å². The number of rotatable bonds is 8. The van der Waals surface area contributed by atoms with E-state index in [0.29, 0.717) is 0 Å². The van der Waals surface area contributed by atoms with Gasteiger partial charge >= 0.3 is 0 Å². The number of aliphatic hydroxyl groups is 1. The van der Waals surface area contributed by atoms with Gasteiger partial charge in [0.05, 0.1) is 0 Å². The lowest BCUT2D eigenvalue weighted by Gasteiger charge is -2.20. The third-order valence-electron chi connectivity index (χ3n) is 4.36. The zero-order valence-corrected chi connectivity index (χ0v) is 15.1. The van der Waals surface area contributed by atoms with Crippen molar-refractivity contribution in [1.82, 2.24) is 5.32 Å². The van der Waals surface area contributed by atoms with Gasteiger partial charge in [0.25, 0.3) is 0 Å². The summed E-state index contributed by atoms with van der Waals surface area (Å²) in [5.41, 5.74) is 3.91. The molecule has 2 atom stereocenters. The van der Waals surface area contributed by atoms with E-state index in [9.17, 15) is 5.11 Å². The molecule has 2 N–H and O–H groups in total. The van der Waals surface area contributed by atoms with Crippen LogP contribution in [0.4, 0.5) is 0 Å². The van der Waals surface area contributed by atoms with Crippen LogP contribution < -0.4 is 5.32 Å². The van der Waals surface area contributed by atoms with Crippen molar-refractivity contribution in [3.63, 3.8) is 0 Å². The van der Waals surface area contributed by atoms with Crippen LogP contribution in [0.1, 0.15) is 29.7 Å². The maximum atomic E-state index is 9.69. The summed E-state index contributed by atoms with van der Waals surface area (Å²) < 4.78 is 0. The first-order chi connectivity index (χ1) is 11.1. The van der Waals surface area contributed by atoms with Crippen LogP contribution in [0.3, 0.4) is 0 Å². The number of aryl methyl sites for hydroxylation is 1. The van der Waals surface area contributed by atoms with Crippen molar-refractivity contribution in [1.29, 1.82) is 0 Å². The number of benzene rings is 2. The minimum atomic E-state index is 0.208. The van der Waals surface area contributed by atoms with Gasteiger partial charge in [-0.1, -0.05) is 36.4 Å². The van der Waals surface area contributed by atoms with E-state index in [4.69, 9.17) is 0 Å². The Morgan fingerprint density at radius 3 is 2.39 bits per heavy atom. The van der Waals surface area contributed by atoms with Crippen LogP contribution in [0, 0.1) is 12.8 Å². The van der Waals surface area contributed by atoms with Crippen LogP contribution in [0.2, 0.25) is 0 Å². The molecule has 2 unspecified atom stereocenters.